The molecule has 0 aliphatic heterocycles. The predicted octanol–water partition coefficient (Wildman–Crippen LogP) is 3.37. The quantitative estimate of drug-likeness (QED) is 0.631. The topological polar surface area (TPSA) is 35.5 Å². The number of carbonyl (C=O) groups is 1. The second-order valence-corrected chi connectivity index (χ2v) is 4.74. The van der Waals surface area contributed by atoms with Crippen molar-refractivity contribution in [3.8, 4) is 5.75 Å². The highest BCUT2D eigenvalue weighted by molar-refractivity contribution is 9.09. The van der Waals surface area contributed by atoms with E-state index in [0.29, 0.717) is 16.8 Å². The Morgan fingerprint density at radius 2 is 1.81 bits per heavy atom. The van der Waals surface area contributed by atoms with E-state index in [9.17, 15) is 4.79 Å². The Morgan fingerprint density at radius 1 is 1.25 bits per heavy atom. The molecule has 0 amide bonds. The van der Waals surface area contributed by atoms with Gasteiger partial charge in [0.15, 0.2) is 0 Å². The molecule has 0 saturated heterocycles. The number of carbonyl (C=O) groups excluding carboxylic acids is 1. The minimum absolute atomic E-state index is 0.321. The molecule has 0 spiro atoms. The van der Waals surface area contributed by atoms with Gasteiger partial charge < -0.3 is 9.47 Å². The molecular formula is C12H15BrO3. The van der Waals surface area contributed by atoms with E-state index in [1.807, 2.05) is 20.8 Å². The van der Waals surface area contributed by atoms with Gasteiger partial charge in [0.25, 0.3) is 0 Å². The lowest BCUT2D eigenvalue weighted by atomic mass is 10.1. The van der Waals surface area contributed by atoms with Gasteiger partial charge >= 0.3 is 5.97 Å². The molecule has 0 radical (unpaired) electrons. The number of alkyl halides is 1. The molecule has 0 aromatic heterocycles. The Hall–Kier alpha value is -1.03. The predicted molar refractivity (Wildman–Crippen MR) is 66.0 cm³/mol. The minimum Gasteiger partial charge on any atom is -0.482 e. The first-order chi connectivity index (χ1) is 7.42. The largest absolute Gasteiger partial charge is 0.482 e. The highest BCUT2D eigenvalue weighted by atomic mass is 79.9. The summed E-state index contributed by atoms with van der Waals surface area (Å²) in [6.45, 7) is 5.52. The van der Waals surface area contributed by atoms with Gasteiger partial charge in [0.05, 0.1) is 5.56 Å². The first-order valence-electron chi connectivity index (χ1n) is 4.94. The summed E-state index contributed by atoms with van der Waals surface area (Å²) < 4.78 is 10.4. The van der Waals surface area contributed by atoms with E-state index in [4.69, 9.17) is 9.47 Å². The highest BCUT2D eigenvalue weighted by Crippen LogP contribution is 2.16. The van der Waals surface area contributed by atoms with Crippen LogP contribution in [0.2, 0.25) is 0 Å². The number of halogens is 1. The zero-order valence-electron chi connectivity index (χ0n) is 9.62. The lowest BCUT2D eigenvalue weighted by Gasteiger charge is -2.19. The maximum atomic E-state index is 11.7. The molecule has 16 heavy (non-hydrogen) atoms. The van der Waals surface area contributed by atoms with E-state index in [1.54, 1.807) is 24.3 Å². The molecule has 0 aliphatic carbocycles. The fourth-order valence-corrected chi connectivity index (χ4v) is 1.35. The maximum absolute atomic E-state index is 11.7. The summed E-state index contributed by atoms with van der Waals surface area (Å²) in [7, 11) is 0. The molecule has 1 aromatic carbocycles. The molecule has 88 valence electrons. The molecule has 0 heterocycles. The van der Waals surface area contributed by atoms with E-state index in [1.165, 1.54) is 0 Å². The summed E-state index contributed by atoms with van der Waals surface area (Å²) in [5.74, 6) is 0.391. The molecule has 0 saturated carbocycles. The number of esters is 1. The van der Waals surface area contributed by atoms with Gasteiger partial charge in [-0.3, -0.25) is 0 Å². The Morgan fingerprint density at radius 3 is 2.25 bits per heavy atom. The molecule has 1 aromatic rings. The summed E-state index contributed by atoms with van der Waals surface area (Å²) in [4.78, 5) is 11.7. The van der Waals surface area contributed by atoms with Gasteiger partial charge in [-0.2, -0.15) is 0 Å². The van der Waals surface area contributed by atoms with Gasteiger partial charge in [-0.05, 0) is 61.0 Å². The van der Waals surface area contributed by atoms with Gasteiger partial charge in [0.1, 0.15) is 16.9 Å². The first-order valence-corrected chi connectivity index (χ1v) is 6.07. The van der Waals surface area contributed by atoms with Crippen LogP contribution in [0.5, 0.6) is 5.75 Å². The van der Waals surface area contributed by atoms with E-state index in [2.05, 4.69) is 15.9 Å². The van der Waals surface area contributed by atoms with Crippen LogP contribution in [0.15, 0.2) is 24.3 Å². The highest BCUT2D eigenvalue weighted by Gasteiger charge is 2.17. The van der Waals surface area contributed by atoms with Crippen LogP contribution in [0.25, 0.3) is 0 Å². The van der Waals surface area contributed by atoms with Crippen molar-refractivity contribution in [1.29, 1.82) is 0 Å². The maximum Gasteiger partial charge on any atom is 0.338 e. The van der Waals surface area contributed by atoms with Crippen molar-refractivity contribution in [2.24, 2.45) is 0 Å². The van der Waals surface area contributed by atoms with E-state index >= 15 is 0 Å². The molecule has 0 bridgehead atoms. The fraction of sp³-hybridized carbons (Fsp3) is 0.417. The summed E-state index contributed by atoms with van der Waals surface area (Å²) in [5, 5.41) is 0. The van der Waals surface area contributed by atoms with Gasteiger partial charge in [-0.1, -0.05) is 0 Å². The van der Waals surface area contributed by atoms with E-state index in [-0.39, 0.29) is 5.97 Å². The number of benzene rings is 1. The lowest BCUT2D eigenvalue weighted by Crippen LogP contribution is -2.23. The number of ether oxygens (including phenoxy) is 2. The molecule has 0 unspecified atom stereocenters. The normalized spacial score (nSPS) is 11.0. The van der Waals surface area contributed by atoms with E-state index in [0.717, 1.165) is 0 Å². The van der Waals surface area contributed by atoms with Crippen LogP contribution in [0, 0.1) is 0 Å². The van der Waals surface area contributed by atoms with Crippen molar-refractivity contribution < 1.29 is 14.3 Å². The van der Waals surface area contributed by atoms with Gasteiger partial charge in [-0.15, -0.1) is 0 Å². The summed E-state index contributed by atoms with van der Waals surface area (Å²) in [5.41, 5.74) is 0.484. The number of rotatable bonds is 3. The summed E-state index contributed by atoms with van der Waals surface area (Å²) >= 11 is 3.16. The van der Waals surface area contributed by atoms with Crippen molar-refractivity contribution in [3.63, 3.8) is 0 Å². The number of hydrogen-bond donors (Lipinski definition) is 0. The van der Waals surface area contributed by atoms with Gasteiger partial charge in [-0.25, -0.2) is 4.79 Å². The van der Waals surface area contributed by atoms with Crippen LogP contribution in [0.3, 0.4) is 0 Å². The molecule has 1 rings (SSSR count). The van der Waals surface area contributed by atoms with Crippen molar-refractivity contribution in [2.75, 3.05) is 5.52 Å². The smallest absolute Gasteiger partial charge is 0.338 e. The minimum atomic E-state index is -0.470. The van der Waals surface area contributed by atoms with Crippen molar-refractivity contribution >= 4 is 21.9 Å². The Balaban J connectivity index is 2.70. The van der Waals surface area contributed by atoms with Gasteiger partial charge in [0, 0.05) is 0 Å². The van der Waals surface area contributed by atoms with E-state index < -0.39 is 5.60 Å². The second-order valence-electron chi connectivity index (χ2n) is 4.28. The molecule has 0 fully saturated rings. The van der Waals surface area contributed by atoms with Crippen LogP contribution in [0.4, 0.5) is 0 Å². The summed E-state index contributed by atoms with van der Waals surface area (Å²) in [6, 6.07) is 6.85. The van der Waals surface area contributed by atoms with Crippen molar-refractivity contribution in [2.45, 2.75) is 26.4 Å². The molecule has 0 atom stereocenters. The van der Waals surface area contributed by atoms with Gasteiger partial charge in [0.2, 0.25) is 0 Å². The molecule has 0 N–H and O–H groups in total. The first kappa shape index (κ1) is 13.0. The third-order valence-electron chi connectivity index (χ3n) is 1.71. The molecule has 3 nitrogen and oxygen atoms in total. The Kier molecular flexibility index (Phi) is 4.35. The Bertz CT molecular complexity index is 352. The third kappa shape index (κ3) is 4.23. The summed E-state index contributed by atoms with van der Waals surface area (Å²) in [6.07, 6.45) is 0. The molecule has 0 aliphatic rings. The average molecular weight is 287 g/mol. The average Bonchev–Trinajstić information content (AvgIpc) is 2.16. The SMILES string of the molecule is CC(C)(C)OC(=O)c1ccc(OCBr)cc1. The van der Waals surface area contributed by atoms with Crippen LogP contribution in [-0.4, -0.2) is 17.1 Å². The standard InChI is InChI=1S/C12H15BrO3/c1-12(2,3)16-11(14)9-4-6-10(7-5-9)15-8-13/h4-7H,8H2,1-3H3. The fourth-order valence-electron chi connectivity index (χ4n) is 1.09. The lowest BCUT2D eigenvalue weighted by molar-refractivity contribution is 0.00695. The van der Waals surface area contributed by atoms with Crippen LogP contribution in [-0.2, 0) is 4.74 Å². The Labute approximate surface area is 104 Å². The third-order valence-corrected chi connectivity index (χ3v) is 1.94. The second kappa shape index (κ2) is 5.34. The van der Waals surface area contributed by atoms with Crippen LogP contribution >= 0.6 is 15.9 Å². The van der Waals surface area contributed by atoms with Crippen LogP contribution in [0.1, 0.15) is 31.1 Å². The van der Waals surface area contributed by atoms with Crippen molar-refractivity contribution in [3.05, 3.63) is 29.8 Å². The zero-order valence-corrected chi connectivity index (χ0v) is 11.2. The number of hydrogen-bond acceptors (Lipinski definition) is 3. The zero-order chi connectivity index (χ0) is 12.2. The molecular weight excluding hydrogens is 272 g/mol. The monoisotopic (exact) mass is 286 g/mol. The van der Waals surface area contributed by atoms with Crippen molar-refractivity contribution in [1.82, 2.24) is 0 Å². The van der Waals surface area contributed by atoms with Crippen LogP contribution < -0.4 is 4.74 Å². The molecule has 4 heteroatoms.